The Bertz CT molecular complexity index is 905. The van der Waals surface area contributed by atoms with Gasteiger partial charge in [0.15, 0.2) is 0 Å². The second-order valence-electron chi connectivity index (χ2n) is 7.92. The number of hydrogen-bond donors (Lipinski definition) is 1. The molecule has 2 aliphatic rings. The Morgan fingerprint density at radius 3 is 2.36 bits per heavy atom. The number of hydrogen-bond acceptors (Lipinski definition) is 1. The standard InChI is InChI=1S/C23H23ClN2.C2H6/c24-19-9-5-15(6-10-19)11-16-12-17-7-8-18(13-16)20(17)14-23-25-21-3-1-2-4-22(21)26-23;1-2/h1-6,9-10,14,16-18H,7-8,11-13H2,(H,25,26);1-2H3. The number of nitrogens with zero attached hydrogens (tertiary/aromatic N) is 1. The summed E-state index contributed by atoms with van der Waals surface area (Å²) in [6, 6.07) is 16.7. The number of para-hydroxylation sites is 2. The quantitative estimate of drug-likeness (QED) is 0.497. The van der Waals surface area contributed by atoms with Crippen LogP contribution in [0.1, 0.15) is 50.9 Å². The Kier molecular flexibility index (Phi) is 5.87. The Morgan fingerprint density at radius 1 is 1.00 bits per heavy atom. The zero-order chi connectivity index (χ0) is 19.5. The van der Waals surface area contributed by atoms with Gasteiger partial charge in [-0.25, -0.2) is 4.98 Å². The Hall–Kier alpha value is -2.06. The van der Waals surface area contributed by atoms with Crippen LogP contribution in [0.15, 0.2) is 54.1 Å². The summed E-state index contributed by atoms with van der Waals surface area (Å²) in [5.74, 6) is 3.29. The van der Waals surface area contributed by atoms with Crippen LogP contribution in [-0.4, -0.2) is 9.97 Å². The van der Waals surface area contributed by atoms with Crippen LogP contribution < -0.4 is 0 Å². The lowest BCUT2D eigenvalue weighted by Gasteiger charge is -2.30. The summed E-state index contributed by atoms with van der Waals surface area (Å²) in [6.07, 6.45) is 8.83. The van der Waals surface area contributed by atoms with E-state index in [1.807, 2.05) is 32.0 Å². The molecule has 3 aromatic rings. The number of benzene rings is 2. The summed E-state index contributed by atoms with van der Waals surface area (Å²) in [5.41, 5.74) is 5.24. The first-order valence-electron chi connectivity index (χ1n) is 10.7. The Labute approximate surface area is 173 Å². The molecule has 146 valence electrons. The van der Waals surface area contributed by atoms with Gasteiger partial charge in [-0.05, 0) is 85.8 Å². The number of aromatic nitrogens is 2. The molecule has 2 aliphatic carbocycles. The second-order valence-corrected chi connectivity index (χ2v) is 8.36. The molecular formula is C25H29ClN2. The fourth-order valence-electron chi connectivity index (χ4n) is 5.03. The molecule has 1 N–H and O–H groups in total. The van der Waals surface area contributed by atoms with E-state index in [1.165, 1.54) is 37.7 Å². The van der Waals surface area contributed by atoms with E-state index >= 15 is 0 Å². The molecule has 2 unspecified atom stereocenters. The summed E-state index contributed by atoms with van der Waals surface area (Å²) < 4.78 is 0. The van der Waals surface area contributed by atoms with Gasteiger partial charge < -0.3 is 4.98 Å². The van der Waals surface area contributed by atoms with Crippen LogP contribution >= 0.6 is 11.6 Å². The highest BCUT2D eigenvalue weighted by Gasteiger charge is 2.38. The fraction of sp³-hybridized carbons (Fsp3) is 0.400. The van der Waals surface area contributed by atoms with Crippen LogP contribution in [0.25, 0.3) is 17.1 Å². The van der Waals surface area contributed by atoms with E-state index in [9.17, 15) is 0 Å². The maximum Gasteiger partial charge on any atom is 0.131 e. The van der Waals surface area contributed by atoms with Gasteiger partial charge in [0.2, 0.25) is 0 Å². The number of fused-ring (bicyclic) bond motifs is 3. The van der Waals surface area contributed by atoms with E-state index < -0.39 is 0 Å². The van der Waals surface area contributed by atoms with Crippen molar-refractivity contribution in [3.63, 3.8) is 0 Å². The van der Waals surface area contributed by atoms with Crippen LogP contribution in [0.4, 0.5) is 0 Å². The second kappa shape index (κ2) is 8.53. The highest BCUT2D eigenvalue weighted by atomic mass is 35.5. The van der Waals surface area contributed by atoms with Gasteiger partial charge in [-0.15, -0.1) is 0 Å². The van der Waals surface area contributed by atoms with Crippen LogP contribution in [-0.2, 0) is 6.42 Å². The van der Waals surface area contributed by atoms with E-state index in [-0.39, 0.29) is 0 Å². The van der Waals surface area contributed by atoms with Crippen molar-refractivity contribution in [3.8, 4) is 0 Å². The van der Waals surface area contributed by atoms with Crippen LogP contribution in [0, 0.1) is 17.8 Å². The van der Waals surface area contributed by atoms with Crippen molar-refractivity contribution in [3.05, 3.63) is 70.5 Å². The Balaban J connectivity index is 0.000000932. The number of rotatable bonds is 3. The van der Waals surface area contributed by atoms with Crippen molar-refractivity contribution in [2.24, 2.45) is 17.8 Å². The fourth-order valence-corrected chi connectivity index (χ4v) is 5.16. The van der Waals surface area contributed by atoms with Crippen molar-refractivity contribution in [1.29, 1.82) is 0 Å². The maximum absolute atomic E-state index is 6.02. The molecule has 1 aromatic heterocycles. The third kappa shape index (κ3) is 4.03. The molecule has 2 nitrogen and oxygen atoms in total. The zero-order valence-corrected chi connectivity index (χ0v) is 17.5. The average Bonchev–Trinajstić information content (AvgIpc) is 3.22. The average molecular weight is 393 g/mol. The lowest BCUT2D eigenvalue weighted by molar-refractivity contribution is 0.329. The largest absolute Gasteiger partial charge is 0.338 e. The summed E-state index contributed by atoms with van der Waals surface area (Å²) >= 11 is 6.02. The number of nitrogens with one attached hydrogen (secondary N) is 1. The van der Waals surface area contributed by atoms with Crippen molar-refractivity contribution >= 4 is 28.7 Å². The SMILES string of the molecule is CC.Clc1ccc(CC2CC3CCC(C2)C3=Cc2nc3ccccc3[nH]2)cc1. The highest BCUT2D eigenvalue weighted by Crippen LogP contribution is 2.50. The number of imidazole rings is 1. The first-order chi connectivity index (χ1) is 13.7. The van der Waals surface area contributed by atoms with Crippen LogP contribution in [0.3, 0.4) is 0 Å². The van der Waals surface area contributed by atoms with Gasteiger partial charge >= 0.3 is 0 Å². The van der Waals surface area contributed by atoms with E-state index in [4.69, 9.17) is 16.6 Å². The third-order valence-electron chi connectivity index (χ3n) is 6.19. The van der Waals surface area contributed by atoms with Crippen LogP contribution in [0.2, 0.25) is 5.02 Å². The minimum absolute atomic E-state index is 0.735. The van der Waals surface area contributed by atoms with E-state index in [0.29, 0.717) is 0 Å². The predicted octanol–water partition coefficient (Wildman–Crippen LogP) is 7.30. The summed E-state index contributed by atoms with van der Waals surface area (Å²) in [7, 11) is 0. The highest BCUT2D eigenvalue weighted by molar-refractivity contribution is 6.30. The molecule has 2 aromatic carbocycles. The van der Waals surface area contributed by atoms with E-state index in [2.05, 4.69) is 41.4 Å². The molecule has 2 atom stereocenters. The molecule has 0 aliphatic heterocycles. The molecule has 5 rings (SSSR count). The summed E-state index contributed by atoms with van der Waals surface area (Å²) in [5, 5.41) is 0.827. The molecule has 2 saturated carbocycles. The minimum Gasteiger partial charge on any atom is -0.338 e. The number of H-pyrrole nitrogens is 1. The molecule has 0 spiro atoms. The first-order valence-corrected chi connectivity index (χ1v) is 11.0. The van der Waals surface area contributed by atoms with E-state index in [0.717, 1.165) is 39.6 Å². The van der Waals surface area contributed by atoms with Crippen molar-refractivity contribution in [2.45, 2.75) is 46.0 Å². The monoisotopic (exact) mass is 392 g/mol. The normalized spacial score (nSPS) is 23.4. The van der Waals surface area contributed by atoms with Crippen LogP contribution in [0.5, 0.6) is 0 Å². The van der Waals surface area contributed by atoms with Gasteiger partial charge in [-0.2, -0.15) is 0 Å². The van der Waals surface area contributed by atoms with E-state index in [1.54, 1.807) is 5.57 Å². The third-order valence-corrected chi connectivity index (χ3v) is 6.44. The summed E-state index contributed by atoms with van der Waals surface area (Å²) in [4.78, 5) is 8.22. The molecule has 0 radical (unpaired) electrons. The topological polar surface area (TPSA) is 28.7 Å². The van der Waals surface area contributed by atoms with Crippen molar-refractivity contribution < 1.29 is 0 Å². The van der Waals surface area contributed by atoms with Gasteiger partial charge in [0.05, 0.1) is 11.0 Å². The lowest BCUT2D eigenvalue weighted by atomic mass is 9.75. The number of aromatic amines is 1. The van der Waals surface area contributed by atoms with Crippen molar-refractivity contribution in [2.75, 3.05) is 0 Å². The van der Waals surface area contributed by atoms with Gasteiger partial charge in [0.25, 0.3) is 0 Å². The van der Waals surface area contributed by atoms with Gasteiger partial charge in [-0.1, -0.05) is 55.3 Å². The van der Waals surface area contributed by atoms with Crippen molar-refractivity contribution in [1.82, 2.24) is 9.97 Å². The molecule has 28 heavy (non-hydrogen) atoms. The predicted molar refractivity (Wildman–Crippen MR) is 120 cm³/mol. The maximum atomic E-state index is 6.02. The molecule has 2 fully saturated rings. The lowest BCUT2D eigenvalue weighted by Crippen LogP contribution is -2.20. The zero-order valence-electron chi connectivity index (χ0n) is 16.8. The molecule has 0 amide bonds. The first kappa shape index (κ1) is 19.3. The number of allylic oxidation sites excluding steroid dienone is 1. The minimum atomic E-state index is 0.735. The molecule has 3 heteroatoms. The summed E-state index contributed by atoms with van der Waals surface area (Å²) in [6.45, 7) is 4.00. The molecule has 2 bridgehead atoms. The van der Waals surface area contributed by atoms with Gasteiger partial charge in [0.1, 0.15) is 5.82 Å². The van der Waals surface area contributed by atoms with Gasteiger partial charge in [-0.3, -0.25) is 0 Å². The molecule has 0 saturated heterocycles. The van der Waals surface area contributed by atoms with Gasteiger partial charge in [0, 0.05) is 5.02 Å². The smallest absolute Gasteiger partial charge is 0.131 e. The molecule has 1 heterocycles. The number of halogens is 1. The Morgan fingerprint density at radius 2 is 1.68 bits per heavy atom. The molecular weight excluding hydrogens is 364 g/mol.